The highest BCUT2D eigenvalue weighted by molar-refractivity contribution is 5.90. The lowest BCUT2D eigenvalue weighted by Gasteiger charge is -2.17. The van der Waals surface area contributed by atoms with Crippen molar-refractivity contribution in [3.8, 4) is 0 Å². The van der Waals surface area contributed by atoms with Gasteiger partial charge in [-0.1, -0.05) is 18.2 Å². The summed E-state index contributed by atoms with van der Waals surface area (Å²) in [5.74, 6) is 0. The molecule has 2 amide bonds. The van der Waals surface area contributed by atoms with Gasteiger partial charge in [0.05, 0.1) is 6.61 Å². The third kappa shape index (κ3) is 2.97. The molecule has 1 aliphatic heterocycles. The van der Waals surface area contributed by atoms with Crippen LogP contribution in [0.1, 0.15) is 18.4 Å². The number of anilines is 1. The van der Waals surface area contributed by atoms with E-state index in [1.807, 2.05) is 29.2 Å². The Morgan fingerprint density at radius 2 is 2.06 bits per heavy atom. The van der Waals surface area contributed by atoms with Crippen molar-refractivity contribution in [2.75, 3.05) is 25.5 Å². The predicted octanol–water partition coefficient (Wildman–Crippen LogP) is 2.46. The molecule has 0 radical (unpaired) electrons. The standard InChI is InChI=1S/C13H18N2O2/c1-17-10-11-6-2-3-7-12(11)14-13(16)15-8-4-5-9-15/h2-3,6-7H,4-5,8-10H2,1H3,(H,14,16). The molecular weight excluding hydrogens is 216 g/mol. The maximum Gasteiger partial charge on any atom is 0.321 e. The zero-order valence-electron chi connectivity index (χ0n) is 10.1. The number of benzene rings is 1. The number of methoxy groups -OCH3 is 1. The van der Waals surface area contributed by atoms with Crippen LogP contribution in [0.2, 0.25) is 0 Å². The Morgan fingerprint density at radius 1 is 1.35 bits per heavy atom. The van der Waals surface area contributed by atoms with Gasteiger partial charge in [-0.25, -0.2) is 4.79 Å². The van der Waals surface area contributed by atoms with Gasteiger partial charge < -0.3 is 15.0 Å². The molecule has 1 N–H and O–H groups in total. The number of hydrogen-bond donors (Lipinski definition) is 1. The lowest BCUT2D eigenvalue weighted by molar-refractivity contribution is 0.185. The third-order valence-electron chi connectivity index (χ3n) is 2.95. The van der Waals surface area contributed by atoms with E-state index in [1.54, 1.807) is 7.11 Å². The van der Waals surface area contributed by atoms with Crippen LogP contribution in [-0.2, 0) is 11.3 Å². The van der Waals surface area contributed by atoms with Crippen molar-refractivity contribution in [3.63, 3.8) is 0 Å². The number of para-hydroxylation sites is 1. The first-order chi connectivity index (χ1) is 8.31. The lowest BCUT2D eigenvalue weighted by atomic mass is 10.2. The van der Waals surface area contributed by atoms with Gasteiger partial charge in [0, 0.05) is 31.5 Å². The molecular formula is C13H18N2O2. The quantitative estimate of drug-likeness (QED) is 0.872. The highest BCUT2D eigenvalue weighted by Gasteiger charge is 2.18. The Bertz CT molecular complexity index is 387. The van der Waals surface area contributed by atoms with E-state index in [-0.39, 0.29) is 6.03 Å². The molecule has 0 unspecified atom stereocenters. The van der Waals surface area contributed by atoms with E-state index in [0.717, 1.165) is 37.2 Å². The van der Waals surface area contributed by atoms with Crippen LogP contribution in [0.4, 0.5) is 10.5 Å². The fourth-order valence-corrected chi connectivity index (χ4v) is 2.04. The summed E-state index contributed by atoms with van der Waals surface area (Å²) in [6.45, 7) is 2.23. The van der Waals surface area contributed by atoms with E-state index >= 15 is 0 Å². The second-order valence-electron chi connectivity index (χ2n) is 4.21. The summed E-state index contributed by atoms with van der Waals surface area (Å²) in [7, 11) is 1.65. The molecule has 17 heavy (non-hydrogen) atoms. The number of hydrogen-bond acceptors (Lipinski definition) is 2. The van der Waals surface area contributed by atoms with Gasteiger partial charge in [-0.2, -0.15) is 0 Å². The molecule has 4 heteroatoms. The van der Waals surface area contributed by atoms with Crippen molar-refractivity contribution in [2.45, 2.75) is 19.4 Å². The molecule has 1 aliphatic rings. The smallest absolute Gasteiger partial charge is 0.321 e. The van der Waals surface area contributed by atoms with E-state index in [9.17, 15) is 4.79 Å². The van der Waals surface area contributed by atoms with Crippen LogP contribution in [0.3, 0.4) is 0 Å². The number of ether oxygens (including phenoxy) is 1. The SMILES string of the molecule is COCc1ccccc1NC(=O)N1CCCC1. The Kier molecular flexibility index (Phi) is 3.98. The molecule has 0 saturated carbocycles. The molecule has 4 nitrogen and oxygen atoms in total. The first-order valence-electron chi connectivity index (χ1n) is 5.94. The molecule has 1 fully saturated rings. The molecule has 1 heterocycles. The van der Waals surface area contributed by atoms with Crippen molar-refractivity contribution >= 4 is 11.7 Å². The molecule has 1 aromatic carbocycles. The minimum atomic E-state index is -0.00828. The summed E-state index contributed by atoms with van der Waals surface area (Å²) >= 11 is 0. The average Bonchev–Trinajstić information content (AvgIpc) is 2.85. The molecule has 0 spiro atoms. The summed E-state index contributed by atoms with van der Waals surface area (Å²) in [5.41, 5.74) is 1.84. The van der Waals surface area contributed by atoms with Crippen LogP contribution >= 0.6 is 0 Å². The van der Waals surface area contributed by atoms with Gasteiger partial charge in [0.2, 0.25) is 0 Å². The summed E-state index contributed by atoms with van der Waals surface area (Å²) in [5, 5.41) is 2.94. The fourth-order valence-electron chi connectivity index (χ4n) is 2.04. The van der Waals surface area contributed by atoms with Crippen molar-refractivity contribution < 1.29 is 9.53 Å². The first-order valence-corrected chi connectivity index (χ1v) is 5.94. The van der Waals surface area contributed by atoms with Crippen molar-refractivity contribution in [1.82, 2.24) is 4.90 Å². The van der Waals surface area contributed by atoms with Gasteiger partial charge in [-0.05, 0) is 18.9 Å². The summed E-state index contributed by atoms with van der Waals surface area (Å²) in [6, 6.07) is 7.72. The van der Waals surface area contributed by atoms with Crippen LogP contribution in [0, 0.1) is 0 Å². The molecule has 0 aromatic heterocycles. The Balaban J connectivity index is 2.04. The highest BCUT2D eigenvalue weighted by atomic mass is 16.5. The van der Waals surface area contributed by atoms with Gasteiger partial charge >= 0.3 is 6.03 Å². The number of carbonyl (C=O) groups excluding carboxylic acids is 1. The molecule has 2 rings (SSSR count). The van der Waals surface area contributed by atoms with E-state index in [4.69, 9.17) is 4.74 Å². The zero-order valence-corrected chi connectivity index (χ0v) is 10.1. The second kappa shape index (κ2) is 5.68. The summed E-state index contributed by atoms with van der Waals surface area (Å²) < 4.78 is 5.11. The van der Waals surface area contributed by atoms with Crippen LogP contribution < -0.4 is 5.32 Å². The molecule has 0 bridgehead atoms. The Hall–Kier alpha value is -1.55. The minimum absolute atomic E-state index is 0.00828. The van der Waals surface area contributed by atoms with Crippen molar-refractivity contribution in [2.24, 2.45) is 0 Å². The minimum Gasteiger partial charge on any atom is -0.380 e. The van der Waals surface area contributed by atoms with Gasteiger partial charge in [-0.3, -0.25) is 0 Å². The number of amides is 2. The number of rotatable bonds is 3. The van der Waals surface area contributed by atoms with Gasteiger partial charge in [-0.15, -0.1) is 0 Å². The van der Waals surface area contributed by atoms with Crippen LogP contribution in [-0.4, -0.2) is 31.1 Å². The normalized spacial score (nSPS) is 15.0. The number of carbonyl (C=O) groups is 1. The van der Waals surface area contributed by atoms with Gasteiger partial charge in [0.25, 0.3) is 0 Å². The maximum atomic E-state index is 11.9. The average molecular weight is 234 g/mol. The Morgan fingerprint density at radius 3 is 2.76 bits per heavy atom. The molecule has 1 saturated heterocycles. The molecule has 0 aliphatic carbocycles. The lowest BCUT2D eigenvalue weighted by Crippen LogP contribution is -2.32. The summed E-state index contributed by atoms with van der Waals surface area (Å²) in [4.78, 5) is 13.8. The first kappa shape index (κ1) is 11.9. The zero-order chi connectivity index (χ0) is 12.1. The molecule has 1 aromatic rings. The number of likely N-dealkylation sites (tertiary alicyclic amines) is 1. The highest BCUT2D eigenvalue weighted by Crippen LogP contribution is 2.17. The number of urea groups is 1. The molecule has 92 valence electrons. The van der Waals surface area contributed by atoms with Crippen molar-refractivity contribution in [3.05, 3.63) is 29.8 Å². The fraction of sp³-hybridized carbons (Fsp3) is 0.462. The number of nitrogens with one attached hydrogen (secondary N) is 1. The topological polar surface area (TPSA) is 41.6 Å². The second-order valence-corrected chi connectivity index (χ2v) is 4.21. The predicted molar refractivity (Wildman–Crippen MR) is 67.0 cm³/mol. The Labute approximate surface area is 102 Å². The largest absolute Gasteiger partial charge is 0.380 e. The maximum absolute atomic E-state index is 11.9. The monoisotopic (exact) mass is 234 g/mol. The van der Waals surface area contributed by atoms with Gasteiger partial charge in [0.1, 0.15) is 0 Å². The molecule has 0 atom stereocenters. The van der Waals surface area contributed by atoms with Gasteiger partial charge in [0.15, 0.2) is 0 Å². The van der Waals surface area contributed by atoms with E-state index in [2.05, 4.69) is 5.32 Å². The van der Waals surface area contributed by atoms with Crippen LogP contribution in [0.15, 0.2) is 24.3 Å². The third-order valence-corrected chi connectivity index (χ3v) is 2.95. The van der Waals surface area contributed by atoms with Crippen LogP contribution in [0.25, 0.3) is 0 Å². The van der Waals surface area contributed by atoms with Crippen molar-refractivity contribution in [1.29, 1.82) is 0 Å². The van der Waals surface area contributed by atoms with E-state index in [1.165, 1.54) is 0 Å². The van der Waals surface area contributed by atoms with E-state index in [0.29, 0.717) is 6.61 Å². The van der Waals surface area contributed by atoms with E-state index < -0.39 is 0 Å². The number of nitrogens with zero attached hydrogens (tertiary/aromatic N) is 1. The summed E-state index contributed by atoms with van der Waals surface area (Å²) in [6.07, 6.45) is 2.21. The van der Waals surface area contributed by atoms with Crippen LogP contribution in [0.5, 0.6) is 0 Å².